The van der Waals surface area contributed by atoms with Gasteiger partial charge in [-0.15, -0.1) is 11.3 Å². The third-order valence-corrected chi connectivity index (χ3v) is 19.7. The first-order valence-electron chi connectivity index (χ1n) is 29.3. The van der Waals surface area contributed by atoms with Crippen LogP contribution in [0.5, 0.6) is 0 Å². The highest BCUT2D eigenvalue weighted by atomic mass is 32.1. The van der Waals surface area contributed by atoms with Crippen LogP contribution in [0.25, 0.3) is 33.4 Å². The Morgan fingerprint density at radius 1 is 1.00 bits per heavy atom. The van der Waals surface area contributed by atoms with E-state index in [0.717, 1.165) is 89.4 Å². The second kappa shape index (κ2) is 21.7. The number of ether oxygens (including phenoxy) is 4. The summed E-state index contributed by atoms with van der Waals surface area (Å²) in [6.07, 6.45) is 9.93. The van der Waals surface area contributed by atoms with E-state index in [4.69, 9.17) is 28.9 Å². The molecule has 7 atom stereocenters. The Morgan fingerprint density at radius 3 is 2.55 bits per heavy atom. The fourth-order valence-corrected chi connectivity index (χ4v) is 15.1. The van der Waals surface area contributed by atoms with Crippen LogP contribution < -0.4 is 15.6 Å². The standard InChI is InChI=1S/C60H76FN11O7S/c1-35-49(46-10-14-62-34-64-46)50(35)55(73)66-52-54(70-15-11-39(61)31-70)56-65-47(32-80-56)38-6-9-48-43(24-38)45(28-59(3,4)33-79-58(75)60-26-37(27-60)30-72(67-60)57(52)74)53(71(48)20-23-78-42-12-21-77-22-13-42)44-25-41(29-63-51(44)36(2)76-5)69-18-16-68(17-19-69)40-7-8-40/h6,9-10,14,24-25,29,32,34-37,39-40,42,49-50,52,54,67H,7-8,11-13,15-23,26-28,30-31,33H2,1-5H3,(H,66,73)/t35-,36-,37?,39-,49-,50+,52-,54-,60?/m0/s1. The second-order valence-corrected chi connectivity index (χ2v) is 25.8. The number of fused-ring (bicyclic) bond motifs is 4. The van der Waals surface area contributed by atoms with Gasteiger partial charge in [0.05, 0.1) is 60.4 Å². The molecule has 2 amide bonds. The minimum atomic E-state index is -1.18. The van der Waals surface area contributed by atoms with Crippen molar-refractivity contribution in [3.05, 3.63) is 76.4 Å². The summed E-state index contributed by atoms with van der Waals surface area (Å²) in [5.41, 5.74) is 10.0. The zero-order valence-electron chi connectivity index (χ0n) is 46.8. The number of likely N-dealkylation sites (tertiary alicyclic amines) is 1. The van der Waals surface area contributed by atoms with Crippen LogP contribution in [0.2, 0.25) is 0 Å². The molecule has 0 unspecified atom stereocenters. The van der Waals surface area contributed by atoms with Gasteiger partial charge in [-0.1, -0.05) is 26.8 Å². The number of rotatable bonds is 13. The van der Waals surface area contributed by atoms with Crippen molar-refractivity contribution in [1.29, 1.82) is 0 Å². The minimum Gasteiger partial charge on any atom is -0.464 e. The van der Waals surface area contributed by atoms with Gasteiger partial charge in [0.1, 0.15) is 29.1 Å². The molecule has 3 aliphatic carbocycles. The number of hydrogen-bond donors (Lipinski definition) is 2. The quantitative estimate of drug-likeness (QED) is 0.115. The molecular weight excluding hydrogens is 1040 g/mol. The SMILES string of the molecule is CO[C@@H](C)c1ncc(N2CCN(C3CC3)CC2)cc1-c1c2c3cc(ccc3n1CCOC1CCOCC1)-c1csc(n1)[C@@H](N1CC[C@H](F)C1)[C@H](NC(=O)[C@@H]1[C@@H](C)[C@H]1c1ccncn1)C(=O)N1CC3CC(C3)(N1)C(=O)OCC(C)(C)C2. The molecule has 14 rings (SSSR count). The van der Waals surface area contributed by atoms with Crippen molar-refractivity contribution < 1.29 is 37.7 Å². The lowest BCUT2D eigenvalue weighted by atomic mass is 9.66. The van der Waals surface area contributed by atoms with Gasteiger partial charge in [0.2, 0.25) is 5.91 Å². The van der Waals surface area contributed by atoms with Crippen molar-refractivity contribution in [3.63, 3.8) is 0 Å². The maximum absolute atomic E-state index is 15.6. The molecule has 20 heteroatoms. The highest BCUT2D eigenvalue weighted by Gasteiger charge is 2.59. The van der Waals surface area contributed by atoms with E-state index >= 15 is 9.18 Å². The number of aromatic nitrogens is 5. The highest BCUT2D eigenvalue weighted by molar-refractivity contribution is 7.10. The zero-order valence-corrected chi connectivity index (χ0v) is 47.6. The van der Waals surface area contributed by atoms with Crippen molar-refractivity contribution in [3.8, 4) is 22.5 Å². The number of benzene rings is 1. The molecule has 2 N–H and O–H groups in total. The van der Waals surface area contributed by atoms with Crippen LogP contribution in [-0.4, -0.2) is 166 Å². The molecule has 1 aromatic carbocycles. The molecule has 9 aliphatic rings. The highest BCUT2D eigenvalue weighted by Crippen LogP contribution is 2.54. The van der Waals surface area contributed by atoms with Crippen molar-refractivity contribution in [2.45, 2.75) is 134 Å². The summed E-state index contributed by atoms with van der Waals surface area (Å²) < 4.78 is 43.0. The predicted molar refractivity (Wildman–Crippen MR) is 300 cm³/mol. The number of carbonyl (C=O) groups is 3. The molecule has 80 heavy (non-hydrogen) atoms. The van der Waals surface area contributed by atoms with Gasteiger partial charge in [-0.2, -0.15) is 0 Å². The molecule has 0 radical (unpaired) electrons. The Balaban J connectivity index is 0.949. The number of alkyl halides is 1. The maximum Gasteiger partial charge on any atom is 0.328 e. The molecular formula is C60H76FN11O7S. The molecule has 8 fully saturated rings. The Bertz CT molecular complexity index is 3120. The Hall–Kier alpha value is -5.48. The van der Waals surface area contributed by atoms with Gasteiger partial charge in [-0.25, -0.2) is 29.6 Å². The number of esters is 1. The van der Waals surface area contributed by atoms with E-state index < -0.39 is 47.0 Å². The molecule has 7 bridgehead atoms. The van der Waals surface area contributed by atoms with Crippen molar-refractivity contribution >= 4 is 45.7 Å². The number of amides is 2. The van der Waals surface area contributed by atoms with Crippen LogP contribution in [-0.2, 0) is 46.3 Å². The number of thiazole rings is 1. The van der Waals surface area contributed by atoms with E-state index in [0.29, 0.717) is 75.5 Å². The van der Waals surface area contributed by atoms with Crippen molar-refractivity contribution in [1.82, 2.24) is 50.1 Å². The molecule has 5 saturated heterocycles. The Morgan fingerprint density at radius 2 is 1.81 bits per heavy atom. The maximum atomic E-state index is 15.6. The van der Waals surface area contributed by atoms with Crippen LogP contribution in [0.3, 0.4) is 0 Å². The largest absolute Gasteiger partial charge is 0.464 e. The number of anilines is 1. The average Bonchev–Trinajstić information content (AvgIpc) is 4.43. The lowest BCUT2D eigenvalue weighted by Crippen LogP contribution is -2.75. The lowest BCUT2D eigenvalue weighted by Gasteiger charge is -2.55. The first-order valence-corrected chi connectivity index (χ1v) is 30.2. The Kier molecular flexibility index (Phi) is 14.6. The van der Waals surface area contributed by atoms with Gasteiger partial charge in [-0.3, -0.25) is 29.4 Å². The fraction of sp³-hybridized carbons (Fsp3) is 0.617. The summed E-state index contributed by atoms with van der Waals surface area (Å²) in [6.45, 7) is 15.5. The van der Waals surface area contributed by atoms with Gasteiger partial charge in [0, 0.05) is 135 Å². The summed E-state index contributed by atoms with van der Waals surface area (Å²) in [4.78, 5) is 71.3. The summed E-state index contributed by atoms with van der Waals surface area (Å²) in [5, 5.41) is 8.40. The molecule has 1 spiro atoms. The molecule has 4 aromatic heterocycles. The molecule has 5 aromatic rings. The third kappa shape index (κ3) is 10.3. The number of hydrogen-bond acceptors (Lipinski definition) is 16. The van der Waals surface area contributed by atoms with Gasteiger partial charge >= 0.3 is 5.97 Å². The molecule has 10 heterocycles. The van der Waals surface area contributed by atoms with Gasteiger partial charge in [0.15, 0.2) is 0 Å². The summed E-state index contributed by atoms with van der Waals surface area (Å²) >= 11 is 1.41. The van der Waals surface area contributed by atoms with Gasteiger partial charge < -0.3 is 33.7 Å². The number of halogens is 1. The van der Waals surface area contributed by atoms with Gasteiger partial charge in [0.25, 0.3) is 5.91 Å². The van der Waals surface area contributed by atoms with E-state index in [9.17, 15) is 9.59 Å². The van der Waals surface area contributed by atoms with Crippen LogP contribution >= 0.6 is 11.3 Å². The monoisotopic (exact) mass is 1110 g/mol. The van der Waals surface area contributed by atoms with E-state index in [1.165, 1.54) is 35.5 Å². The fourth-order valence-electron chi connectivity index (χ4n) is 14.1. The number of nitrogens with zero attached hydrogens (tertiary/aromatic N) is 9. The first-order chi connectivity index (χ1) is 38.7. The number of pyridine rings is 1. The van der Waals surface area contributed by atoms with Crippen LogP contribution in [0, 0.1) is 23.2 Å². The van der Waals surface area contributed by atoms with E-state index in [1.54, 1.807) is 13.3 Å². The van der Waals surface area contributed by atoms with Gasteiger partial charge in [-0.05, 0) is 100.0 Å². The first kappa shape index (κ1) is 53.8. The molecule has 426 valence electrons. The topological polar surface area (TPSA) is 182 Å². The number of cyclic esters (lactones) is 1. The average molecular weight is 1110 g/mol. The molecule has 18 nitrogen and oxygen atoms in total. The van der Waals surface area contributed by atoms with Crippen molar-refractivity contribution in [2.24, 2.45) is 23.2 Å². The summed E-state index contributed by atoms with van der Waals surface area (Å²) in [5.74, 6) is -1.70. The van der Waals surface area contributed by atoms with E-state index in [-0.39, 0.29) is 55.4 Å². The van der Waals surface area contributed by atoms with Crippen molar-refractivity contribution in [2.75, 3.05) is 84.3 Å². The number of piperazine rings is 1. The Labute approximate surface area is 471 Å². The number of hydrazine groups is 1. The summed E-state index contributed by atoms with van der Waals surface area (Å²) in [7, 11) is 1.73. The van der Waals surface area contributed by atoms with Crippen LogP contribution in [0.4, 0.5) is 10.1 Å². The molecule has 6 aliphatic heterocycles. The number of nitrogens with one attached hydrogen (secondary N) is 2. The lowest BCUT2D eigenvalue weighted by molar-refractivity contribution is -0.180. The number of methoxy groups -OCH3 is 1. The molecule has 3 saturated carbocycles. The minimum absolute atomic E-state index is 0.0337. The zero-order chi connectivity index (χ0) is 55.0. The smallest absolute Gasteiger partial charge is 0.328 e. The number of carbonyl (C=O) groups excluding carboxylic acids is 3. The predicted octanol–water partition coefficient (Wildman–Crippen LogP) is 7.04. The van der Waals surface area contributed by atoms with E-state index in [2.05, 4.69) is 80.1 Å². The third-order valence-electron chi connectivity index (χ3n) is 18.7. The van der Waals surface area contributed by atoms with Crippen LogP contribution in [0.15, 0.2) is 54.4 Å². The normalized spacial score (nSPS) is 29.8. The summed E-state index contributed by atoms with van der Waals surface area (Å²) in [6, 6.07) is 9.38. The second-order valence-electron chi connectivity index (χ2n) is 24.9. The van der Waals surface area contributed by atoms with Crippen LogP contribution in [0.1, 0.15) is 113 Å². The van der Waals surface area contributed by atoms with E-state index in [1.807, 2.05) is 29.5 Å².